The van der Waals surface area contributed by atoms with Gasteiger partial charge in [0.05, 0.1) is 25.6 Å². The van der Waals surface area contributed by atoms with Gasteiger partial charge in [-0.3, -0.25) is 9.59 Å². The monoisotopic (exact) mass is 289 g/mol. The van der Waals surface area contributed by atoms with Gasteiger partial charge in [-0.15, -0.1) is 0 Å². The van der Waals surface area contributed by atoms with Gasteiger partial charge in [0.15, 0.2) is 5.78 Å². The van der Waals surface area contributed by atoms with Crippen LogP contribution in [0.25, 0.3) is 0 Å². The molecule has 1 fully saturated rings. The fourth-order valence-corrected chi connectivity index (χ4v) is 3.11. The Kier molecular flexibility index (Phi) is 3.35. The van der Waals surface area contributed by atoms with Crippen LogP contribution in [0.1, 0.15) is 36.5 Å². The van der Waals surface area contributed by atoms with Gasteiger partial charge in [0.2, 0.25) is 5.91 Å². The maximum absolute atomic E-state index is 12.4. The second-order valence-electron chi connectivity index (χ2n) is 5.67. The third kappa shape index (κ3) is 2.37. The summed E-state index contributed by atoms with van der Waals surface area (Å²) in [6.07, 6.45) is 1.51. The number of amides is 1. The summed E-state index contributed by atoms with van der Waals surface area (Å²) in [7, 11) is 1.57. The molecule has 0 aromatic heterocycles. The number of fused-ring (bicyclic) bond motifs is 1. The lowest BCUT2D eigenvalue weighted by molar-refractivity contribution is -0.130. The van der Waals surface area contributed by atoms with Crippen LogP contribution in [0.5, 0.6) is 11.5 Å². The largest absolute Gasteiger partial charge is 0.497 e. The molecule has 5 heteroatoms. The van der Waals surface area contributed by atoms with E-state index in [1.54, 1.807) is 30.2 Å². The Bertz CT molecular complexity index is 598. The Morgan fingerprint density at radius 3 is 3.00 bits per heavy atom. The van der Waals surface area contributed by atoms with Gasteiger partial charge in [0, 0.05) is 19.4 Å². The van der Waals surface area contributed by atoms with E-state index in [9.17, 15) is 9.59 Å². The smallest absolute Gasteiger partial charge is 0.222 e. The molecule has 5 nitrogen and oxygen atoms in total. The van der Waals surface area contributed by atoms with Gasteiger partial charge < -0.3 is 14.4 Å². The van der Waals surface area contributed by atoms with Crippen molar-refractivity contribution in [3.05, 3.63) is 23.8 Å². The summed E-state index contributed by atoms with van der Waals surface area (Å²) in [4.78, 5) is 26.0. The highest BCUT2D eigenvalue weighted by Gasteiger charge is 2.46. The summed E-state index contributed by atoms with van der Waals surface area (Å²) in [5.41, 5.74) is 0.0176. The first-order chi connectivity index (χ1) is 10.1. The number of hydrogen-bond acceptors (Lipinski definition) is 4. The van der Waals surface area contributed by atoms with Crippen LogP contribution >= 0.6 is 0 Å². The van der Waals surface area contributed by atoms with Crippen molar-refractivity contribution < 1.29 is 19.1 Å². The molecule has 1 atom stereocenters. The predicted octanol–water partition coefficient (Wildman–Crippen LogP) is 2.04. The summed E-state index contributed by atoms with van der Waals surface area (Å²) >= 11 is 0. The zero-order chi connectivity index (χ0) is 15.0. The van der Waals surface area contributed by atoms with Crippen molar-refractivity contribution in [3.8, 4) is 11.5 Å². The third-order valence-corrected chi connectivity index (χ3v) is 4.27. The SMILES string of the molecule is CCC(=O)N1CCC2(CC(=O)c3cc(OC)ccc3O2)C1. The highest BCUT2D eigenvalue weighted by Crippen LogP contribution is 2.40. The number of ketones is 1. The summed E-state index contributed by atoms with van der Waals surface area (Å²) in [5.74, 6) is 1.41. The molecular formula is C16H19NO4. The Morgan fingerprint density at radius 2 is 2.29 bits per heavy atom. The predicted molar refractivity (Wildman–Crippen MR) is 76.8 cm³/mol. The number of hydrogen-bond donors (Lipinski definition) is 0. The Hall–Kier alpha value is -2.04. The topological polar surface area (TPSA) is 55.8 Å². The number of nitrogens with zero attached hydrogens (tertiary/aromatic N) is 1. The summed E-state index contributed by atoms with van der Waals surface area (Å²) < 4.78 is 11.3. The number of carbonyl (C=O) groups excluding carboxylic acids is 2. The first-order valence-corrected chi connectivity index (χ1v) is 7.25. The molecule has 2 aliphatic rings. The number of likely N-dealkylation sites (tertiary alicyclic amines) is 1. The Balaban J connectivity index is 1.86. The number of ether oxygens (including phenoxy) is 2. The molecule has 112 valence electrons. The molecule has 1 aromatic rings. The van der Waals surface area contributed by atoms with Crippen LogP contribution in [0.3, 0.4) is 0 Å². The molecule has 1 amide bonds. The Morgan fingerprint density at radius 1 is 1.48 bits per heavy atom. The van der Waals surface area contributed by atoms with Crippen molar-refractivity contribution >= 4 is 11.7 Å². The van der Waals surface area contributed by atoms with Crippen molar-refractivity contribution in [3.63, 3.8) is 0 Å². The lowest BCUT2D eigenvalue weighted by Gasteiger charge is -2.34. The summed E-state index contributed by atoms with van der Waals surface area (Å²) in [5, 5.41) is 0. The molecule has 3 rings (SSSR count). The zero-order valence-corrected chi connectivity index (χ0v) is 12.3. The molecule has 2 heterocycles. The van der Waals surface area contributed by atoms with E-state index >= 15 is 0 Å². The summed E-state index contributed by atoms with van der Waals surface area (Å²) in [6.45, 7) is 3.00. The molecule has 1 aromatic carbocycles. The molecule has 0 radical (unpaired) electrons. The van der Waals surface area contributed by atoms with Gasteiger partial charge >= 0.3 is 0 Å². The molecule has 1 unspecified atom stereocenters. The van der Waals surface area contributed by atoms with E-state index in [-0.39, 0.29) is 11.7 Å². The maximum Gasteiger partial charge on any atom is 0.222 e. The highest BCUT2D eigenvalue weighted by atomic mass is 16.5. The third-order valence-electron chi connectivity index (χ3n) is 4.27. The van der Waals surface area contributed by atoms with E-state index in [1.807, 2.05) is 6.92 Å². The molecule has 1 saturated heterocycles. The average molecular weight is 289 g/mol. The fraction of sp³-hybridized carbons (Fsp3) is 0.500. The van der Waals surface area contributed by atoms with E-state index in [0.29, 0.717) is 49.4 Å². The van der Waals surface area contributed by atoms with Crippen LogP contribution in [-0.2, 0) is 4.79 Å². The average Bonchev–Trinajstić information content (AvgIpc) is 2.89. The highest BCUT2D eigenvalue weighted by molar-refractivity contribution is 6.00. The number of methoxy groups -OCH3 is 1. The second kappa shape index (κ2) is 5.06. The van der Waals surface area contributed by atoms with Crippen molar-refractivity contribution in [1.82, 2.24) is 4.90 Å². The van der Waals surface area contributed by atoms with Gasteiger partial charge in [-0.25, -0.2) is 0 Å². The van der Waals surface area contributed by atoms with Crippen molar-refractivity contribution in [1.29, 1.82) is 0 Å². The summed E-state index contributed by atoms with van der Waals surface area (Å²) in [6, 6.07) is 5.28. The zero-order valence-electron chi connectivity index (χ0n) is 12.3. The van der Waals surface area contributed by atoms with E-state index in [4.69, 9.17) is 9.47 Å². The quantitative estimate of drug-likeness (QED) is 0.836. The molecule has 0 N–H and O–H groups in total. The number of benzene rings is 1. The van der Waals surface area contributed by atoms with Crippen LogP contribution in [0, 0.1) is 0 Å². The first-order valence-electron chi connectivity index (χ1n) is 7.25. The van der Waals surface area contributed by atoms with E-state index in [1.165, 1.54) is 0 Å². The van der Waals surface area contributed by atoms with Crippen LogP contribution < -0.4 is 9.47 Å². The van der Waals surface area contributed by atoms with Gasteiger partial charge in [-0.1, -0.05) is 6.92 Å². The second-order valence-corrected chi connectivity index (χ2v) is 5.67. The normalized spacial score (nSPS) is 23.9. The van der Waals surface area contributed by atoms with Crippen LogP contribution in [0.4, 0.5) is 0 Å². The van der Waals surface area contributed by atoms with Crippen molar-refractivity contribution in [2.24, 2.45) is 0 Å². The first kappa shape index (κ1) is 13.9. The Labute approximate surface area is 123 Å². The molecular weight excluding hydrogens is 270 g/mol. The van der Waals surface area contributed by atoms with Crippen LogP contribution in [0.2, 0.25) is 0 Å². The van der Waals surface area contributed by atoms with Crippen molar-refractivity contribution in [2.75, 3.05) is 20.2 Å². The van der Waals surface area contributed by atoms with Crippen molar-refractivity contribution in [2.45, 2.75) is 31.8 Å². The number of carbonyl (C=O) groups is 2. The molecule has 0 saturated carbocycles. The fourth-order valence-electron chi connectivity index (χ4n) is 3.11. The number of rotatable bonds is 2. The van der Waals surface area contributed by atoms with E-state index in [2.05, 4.69) is 0 Å². The van der Waals surface area contributed by atoms with Gasteiger partial charge in [-0.05, 0) is 18.2 Å². The minimum Gasteiger partial charge on any atom is -0.497 e. The molecule has 0 aliphatic carbocycles. The minimum atomic E-state index is -0.552. The molecule has 2 aliphatic heterocycles. The van der Waals surface area contributed by atoms with Crippen LogP contribution in [0.15, 0.2) is 18.2 Å². The standard InChI is InChI=1S/C16H19NO4/c1-3-15(19)17-7-6-16(10-17)9-13(18)12-8-11(20-2)4-5-14(12)21-16/h4-5,8H,3,6-7,9-10H2,1-2H3. The van der Waals surface area contributed by atoms with Gasteiger partial charge in [-0.2, -0.15) is 0 Å². The van der Waals surface area contributed by atoms with E-state index in [0.717, 1.165) is 0 Å². The minimum absolute atomic E-state index is 0.0564. The molecule has 0 bridgehead atoms. The molecule has 1 spiro atoms. The molecule has 21 heavy (non-hydrogen) atoms. The number of Topliss-reactive ketones (excluding diaryl/α,β-unsaturated/α-hetero) is 1. The lowest BCUT2D eigenvalue weighted by atomic mass is 9.89. The maximum atomic E-state index is 12.4. The van der Waals surface area contributed by atoms with E-state index < -0.39 is 5.60 Å². The van der Waals surface area contributed by atoms with Gasteiger partial charge in [0.1, 0.15) is 17.1 Å². The van der Waals surface area contributed by atoms with Gasteiger partial charge in [0.25, 0.3) is 0 Å². The van der Waals surface area contributed by atoms with Crippen LogP contribution in [-0.4, -0.2) is 42.4 Å². The lowest BCUT2D eigenvalue weighted by Crippen LogP contribution is -2.45.